The van der Waals surface area contributed by atoms with Crippen molar-refractivity contribution in [3.63, 3.8) is 0 Å². The Balaban J connectivity index is 2.01. The van der Waals surface area contributed by atoms with Gasteiger partial charge in [0.25, 0.3) is 0 Å². The fourth-order valence-corrected chi connectivity index (χ4v) is 1.77. The molecule has 106 valence electrons. The van der Waals surface area contributed by atoms with Crippen molar-refractivity contribution in [3.05, 3.63) is 65.2 Å². The summed E-state index contributed by atoms with van der Waals surface area (Å²) in [5, 5.41) is 0. The first-order chi connectivity index (χ1) is 10.2. The highest BCUT2D eigenvalue weighted by molar-refractivity contribution is 5.92. The zero-order valence-corrected chi connectivity index (χ0v) is 11.5. The molecule has 0 aliphatic rings. The van der Waals surface area contributed by atoms with Gasteiger partial charge in [-0.15, -0.1) is 0 Å². The van der Waals surface area contributed by atoms with Crippen LogP contribution >= 0.6 is 0 Å². The monoisotopic (exact) mass is 280 g/mol. The van der Waals surface area contributed by atoms with E-state index in [0.29, 0.717) is 24.5 Å². The van der Waals surface area contributed by atoms with Gasteiger partial charge in [-0.1, -0.05) is 24.0 Å². The van der Waals surface area contributed by atoms with E-state index in [-0.39, 0.29) is 0 Å². The number of carbonyl (C=O) groups is 1. The summed E-state index contributed by atoms with van der Waals surface area (Å²) in [6, 6.07) is 14.5. The maximum atomic E-state index is 11.0. The van der Waals surface area contributed by atoms with E-state index in [1.165, 1.54) is 0 Å². The predicted octanol–water partition coefficient (Wildman–Crippen LogP) is 1.67. The Morgan fingerprint density at radius 3 is 2.57 bits per heavy atom. The van der Waals surface area contributed by atoms with E-state index in [0.717, 1.165) is 11.1 Å². The first-order valence-corrected chi connectivity index (χ1v) is 6.49. The third kappa shape index (κ3) is 4.37. The van der Waals surface area contributed by atoms with Crippen LogP contribution in [0.5, 0.6) is 5.75 Å². The van der Waals surface area contributed by atoms with Crippen molar-refractivity contribution < 1.29 is 9.53 Å². The smallest absolute Gasteiger partial charge is 0.248 e. The van der Waals surface area contributed by atoms with Crippen molar-refractivity contribution in [3.8, 4) is 17.6 Å². The van der Waals surface area contributed by atoms with Gasteiger partial charge in [-0.05, 0) is 42.0 Å². The molecule has 0 aliphatic carbocycles. The summed E-state index contributed by atoms with van der Waals surface area (Å²) in [7, 11) is 0. The highest BCUT2D eigenvalue weighted by atomic mass is 16.5. The number of amides is 1. The lowest BCUT2D eigenvalue weighted by atomic mass is 10.1. The van der Waals surface area contributed by atoms with E-state index in [1.807, 2.05) is 24.3 Å². The Morgan fingerprint density at radius 1 is 1.14 bits per heavy atom. The zero-order valence-electron chi connectivity index (χ0n) is 11.5. The Kier molecular flexibility index (Phi) is 4.97. The van der Waals surface area contributed by atoms with E-state index in [4.69, 9.17) is 16.2 Å². The maximum absolute atomic E-state index is 11.0. The number of carbonyl (C=O) groups excluding carboxylic acids is 1. The van der Waals surface area contributed by atoms with Gasteiger partial charge in [0.2, 0.25) is 5.91 Å². The molecule has 4 nitrogen and oxygen atoms in total. The van der Waals surface area contributed by atoms with E-state index < -0.39 is 5.91 Å². The lowest BCUT2D eigenvalue weighted by Crippen LogP contribution is -2.10. The van der Waals surface area contributed by atoms with Crippen LogP contribution < -0.4 is 16.2 Å². The number of hydrogen-bond acceptors (Lipinski definition) is 3. The molecule has 2 aromatic carbocycles. The van der Waals surface area contributed by atoms with Gasteiger partial charge in [-0.25, -0.2) is 0 Å². The number of benzene rings is 2. The maximum Gasteiger partial charge on any atom is 0.248 e. The summed E-state index contributed by atoms with van der Waals surface area (Å²) in [4.78, 5) is 11.0. The molecule has 2 rings (SSSR count). The Morgan fingerprint density at radius 2 is 1.90 bits per heavy atom. The van der Waals surface area contributed by atoms with Gasteiger partial charge in [-0.3, -0.25) is 4.79 Å². The summed E-state index contributed by atoms with van der Waals surface area (Å²) in [6.07, 6.45) is 0. The average Bonchev–Trinajstić information content (AvgIpc) is 2.52. The van der Waals surface area contributed by atoms with Crippen LogP contribution in [0.25, 0.3) is 0 Å². The molecule has 0 heterocycles. The van der Waals surface area contributed by atoms with Crippen LogP contribution in [0.1, 0.15) is 21.5 Å². The van der Waals surface area contributed by atoms with Gasteiger partial charge in [0.05, 0.1) is 6.54 Å². The highest BCUT2D eigenvalue weighted by Gasteiger charge is 2.01. The largest absolute Gasteiger partial charge is 0.489 e. The minimum Gasteiger partial charge on any atom is -0.489 e. The van der Waals surface area contributed by atoms with Gasteiger partial charge >= 0.3 is 0 Å². The summed E-state index contributed by atoms with van der Waals surface area (Å²) in [5.74, 6) is 6.02. The van der Waals surface area contributed by atoms with E-state index >= 15 is 0 Å². The van der Waals surface area contributed by atoms with Crippen molar-refractivity contribution in [1.82, 2.24) is 0 Å². The van der Waals surface area contributed by atoms with E-state index in [2.05, 4.69) is 11.8 Å². The molecule has 0 fully saturated rings. The molecule has 4 N–H and O–H groups in total. The molecule has 0 saturated carbocycles. The SMILES string of the molecule is NCC#Cc1cccc(COc2ccc(C(N)=O)cc2)c1. The van der Waals surface area contributed by atoms with E-state index in [1.54, 1.807) is 24.3 Å². The molecule has 0 radical (unpaired) electrons. The average molecular weight is 280 g/mol. The van der Waals surface area contributed by atoms with Crippen LogP contribution in [0, 0.1) is 11.8 Å². The molecule has 0 atom stereocenters. The third-order valence-corrected chi connectivity index (χ3v) is 2.81. The quantitative estimate of drug-likeness (QED) is 0.836. The number of nitrogens with two attached hydrogens (primary N) is 2. The molecule has 2 aromatic rings. The lowest BCUT2D eigenvalue weighted by molar-refractivity contribution is 0.100. The van der Waals surface area contributed by atoms with Gasteiger partial charge in [0, 0.05) is 11.1 Å². The summed E-state index contributed by atoms with van der Waals surface area (Å²) in [5.41, 5.74) is 12.9. The normalized spacial score (nSPS) is 9.57. The standard InChI is InChI=1S/C17H16N2O2/c18-10-2-5-13-3-1-4-14(11-13)12-21-16-8-6-15(7-9-16)17(19)20/h1,3-4,6-9,11H,10,12,18H2,(H2,19,20). The second kappa shape index (κ2) is 7.13. The Labute approximate surface area is 123 Å². The first-order valence-electron chi connectivity index (χ1n) is 6.49. The van der Waals surface area contributed by atoms with Crippen LogP contribution in [0.3, 0.4) is 0 Å². The lowest BCUT2D eigenvalue weighted by Gasteiger charge is -2.07. The molecular formula is C17H16N2O2. The highest BCUT2D eigenvalue weighted by Crippen LogP contribution is 2.14. The fraction of sp³-hybridized carbons (Fsp3) is 0.118. The number of ether oxygens (including phenoxy) is 1. The van der Waals surface area contributed by atoms with Crippen molar-refractivity contribution in [2.24, 2.45) is 11.5 Å². The minimum atomic E-state index is -0.451. The second-order valence-electron chi connectivity index (χ2n) is 4.38. The topological polar surface area (TPSA) is 78.3 Å². The number of primary amides is 1. The number of hydrogen-bond donors (Lipinski definition) is 2. The molecule has 1 amide bonds. The molecule has 0 saturated heterocycles. The molecule has 21 heavy (non-hydrogen) atoms. The van der Waals surface area contributed by atoms with Gasteiger partial charge in [-0.2, -0.15) is 0 Å². The van der Waals surface area contributed by atoms with Crippen LogP contribution in [0.2, 0.25) is 0 Å². The van der Waals surface area contributed by atoms with Gasteiger partial charge in [0.1, 0.15) is 12.4 Å². The molecular weight excluding hydrogens is 264 g/mol. The minimum absolute atomic E-state index is 0.340. The van der Waals surface area contributed by atoms with Gasteiger partial charge in [0.15, 0.2) is 0 Å². The van der Waals surface area contributed by atoms with Crippen molar-refractivity contribution >= 4 is 5.91 Å². The van der Waals surface area contributed by atoms with Crippen molar-refractivity contribution in [2.45, 2.75) is 6.61 Å². The van der Waals surface area contributed by atoms with Gasteiger partial charge < -0.3 is 16.2 Å². The predicted molar refractivity (Wildman–Crippen MR) is 81.7 cm³/mol. The molecule has 4 heteroatoms. The van der Waals surface area contributed by atoms with Crippen LogP contribution in [-0.4, -0.2) is 12.5 Å². The molecule has 0 aromatic heterocycles. The van der Waals surface area contributed by atoms with Crippen molar-refractivity contribution in [2.75, 3.05) is 6.54 Å². The summed E-state index contributed by atoms with van der Waals surface area (Å²) < 4.78 is 5.66. The second-order valence-corrected chi connectivity index (χ2v) is 4.38. The fourth-order valence-electron chi connectivity index (χ4n) is 1.77. The Hall–Kier alpha value is -2.77. The molecule has 0 unspecified atom stereocenters. The van der Waals surface area contributed by atoms with E-state index in [9.17, 15) is 4.79 Å². The summed E-state index contributed by atoms with van der Waals surface area (Å²) in [6.45, 7) is 0.765. The third-order valence-electron chi connectivity index (χ3n) is 2.81. The van der Waals surface area contributed by atoms with Crippen LogP contribution in [0.15, 0.2) is 48.5 Å². The number of rotatable bonds is 4. The summed E-state index contributed by atoms with van der Waals surface area (Å²) >= 11 is 0. The molecule has 0 bridgehead atoms. The van der Waals surface area contributed by atoms with Crippen molar-refractivity contribution in [1.29, 1.82) is 0 Å². The first kappa shape index (κ1) is 14.6. The zero-order chi connectivity index (χ0) is 15.1. The Bertz CT molecular complexity index is 682. The van der Waals surface area contributed by atoms with Crippen LogP contribution in [0.4, 0.5) is 0 Å². The van der Waals surface area contributed by atoms with Crippen LogP contribution in [-0.2, 0) is 6.61 Å². The molecule has 0 aliphatic heterocycles. The molecule has 0 spiro atoms.